The van der Waals surface area contributed by atoms with Gasteiger partial charge in [0.05, 0.1) is 6.61 Å². The lowest BCUT2D eigenvalue weighted by molar-refractivity contribution is 0.350. The highest BCUT2D eigenvalue weighted by molar-refractivity contribution is 5.69. The van der Waals surface area contributed by atoms with Gasteiger partial charge in [-0.05, 0) is 22.3 Å². The highest BCUT2D eigenvalue weighted by Gasteiger charge is 1.99. The molecular formula is C15H14O. The van der Waals surface area contributed by atoms with E-state index in [4.69, 9.17) is 5.11 Å². The zero-order valence-corrected chi connectivity index (χ0v) is 9.06. The fourth-order valence-electron chi connectivity index (χ4n) is 1.62. The van der Waals surface area contributed by atoms with Crippen LogP contribution in [0.4, 0.5) is 0 Å². The van der Waals surface area contributed by atoms with E-state index in [0.717, 1.165) is 11.1 Å². The van der Waals surface area contributed by atoms with Crippen LogP contribution >= 0.6 is 0 Å². The Balaban J connectivity index is 2.30. The predicted octanol–water partition coefficient (Wildman–Crippen LogP) is 3.36. The van der Waals surface area contributed by atoms with Gasteiger partial charge in [0.25, 0.3) is 0 Å². The van der Waals surface area contributed by atoms with Gasteiger partial charge in [0, 0.05) is 0 Å². The maximum absolute atomic E-state index is 8.98. The average molecular weight is 210 g/mol. The van der Waals surface area contributed by atoms with Gasteiger partial charge in [-0.25, -0.2) is 0 Å². The van der Waals surface area contributed by atoms with Crippen molar-refractivity contribution in [1.29, 1.82) is 0 Å². The van der Waals surface area contributed by atoms with Crippen molar-refractivity contribution < 1.29 is 5.11 Å². The van der Waals surface area contributed by atoms with Gasteiger partial charge in [-0.1, -0.05) is 61.2 Å². The Hall–Kier alpha value is -1.86. The lowest BCUT2D eigenvalue weighted by Gasteiger charge is -2.05. The summed E-state index contributed by atoms with van der Waals surface area (Å²) >= 11 is 0. The first-order valence-corrected chi connectivity index (χ1v) is 5.26. The average Bonchev–Trinajstić information content (AvgIpc) is 2.39. The van der Waals surface area contributed by atoms with Crippen LogP contribution in [0.1, 0.15) is 5.56 Å². The highest BCUT2D eigenvalue weighted by atomic mass is 16.3. The summed E-state index contributed by atoms with van der Waals surface area (Å²) in [6.07, 6.45) is 0. The standard InChI is InChI=1S/C15H14O/c1-12(11-16)13-7-9-15(10-8-13)14-5-3-2-4-6-14/h2-10,16H,1,11H2. The molecule has 0 spiro atoms. The van der Waals surface area contributed by atoms with Crippen LogP contribution in [0.15, 0.2) is 61.2 Å². The number of benzene rings is 2. The van der Waals surface area contributed by atoms with E-state index in [9.17, 15) is 0 Å². The van der Waals surface area contributed by atoms with Crippen molar-refractivity contribution >= 4 is 5.57 Å². The maximum Gasteiger partial charge on any atom is 0.0681 e. The molecule has 16 heavy (non-hydrogen) atoms. The van der Waals surface area contributed by atoms with Gasteiger partial charge >= 0.3 is 0 Å². The molecule has 0 aromatic heterocycles. The van der Waals surface area contributed by atoms with E-state index < -0.39 is 0 Å². The molecule has 0 heterocycles. The molecule has 2 aromatic rings. The molecule has 0 atom stereocenters. The van der Waals surface area contributed by atoms with Crippen molar-refractivity contribution in [3.8, 4) is 11.1 Å². The van der Waals surface area contributed by atoms with Gasteiger partial charge in [0.15, 0.2) is 0 Å². The zero-order valence-electron chi connectivity index (χ0n) is 9.06. The molecule has 0 aliphatic rings. The molecule has 0 unspecified atom stereocenters. The number of aliphatic hydroxyl groups is 1. The second-order valence-electron chi connectivity index (χ2n) is 3.71. The van der Waals surface area contributed by atoms with Crippen molar-refractivity contribution in [2.45, 2.75) is 0 Å². The molecular weight excluding hydrogens is 196 g/mol. The van der Waals surface area contributed by atoms with E-state index in [1.807, 2.05) is 42.5 Å². The lowest BCUT2D eigenvalue weighted by atomic mass is 10.0. The first-order valence-electron chi connectivity index (χ1n) is 5.26. The summed E-state index contributed by atoms with van der Waals surface area (Å²) in [5, 5.41) is 8.98. The van der Waals surface area contributed by atoms with Gasteiger partial charge in [-0.3, -0.25) is 0 Å². The smallest absolute Gasteiger partial charge is 0.0681 e. The molecule has 0 bridgehead atoms. The van der Waals surface area contributed by atoms with Crippen LogP contribution < -0.4 is 0 Å². The van der Waals surface area contributed by atoms with Crippen molar-refractivity contribution in [3.63, 3.8) is 0 Å². The lowest BCUT2D eigenvalue weighted by Crippen LogP contribution is -1.88. The minimum atomic E-state index is 0.00465. The van der Waals surface area contributed by atoms with Crippen LogP contribution in [-0.4, -0.2) is 11.7 Å². The largest absolute Gasteiger partial charge is 0.392 e. The Kier molecular flexibility index (Phi) is 3.18. The molecule has 0 aliphatic heterocycles. The quantitative estimate of drug-likeness (QED) is 0.823. The Morgan fingerprint density at radius 2 is 1.44 bits per heavy atom. The first kappa shape index (κ1) is 10.7. The van der Waals surface area contributed by atoms with Crippen molar-refractivity contribution in [2.75, 3.05) is 6.61 Å². The summed E-state index contributed by atoms with van der Waals surface area (Å²) in [7, 11) is 0. The third kappa shape index (κ3) is 2.20. The van der Waals surface area contributed by atoms with Crippen LogP contribution in [0, 0.1) is 0 Å². The van der Waals surface area contributed by atoms with E-state index in [1.54, 1.807) is 0 Å². The fraction of sp³-hybridized carbons (Fsp3) is 0.0667. The number of hydrogen-bond donors (Lipinski definition) is 1. The second-order valence-corrected chi connectivity index (χ2v) is 3.71. The van der Waals surface area contributed by atoms with E-state index in [2.05, 4.69) is 18.7 Å². The topological polar surface area (TPSA) is 20.2 Å². The summed E-state index contributed by atoms with van der Waals surface area (Å²) in [5.74, 6) is 0. The van der Waals surface area contributed by atoms with Crippen LogP contribution in [0.3, 0.4) is 0 Å². The fourth-order valence-corrected chi connectivity index (χ4v) is 1.62. The zero-order chi connectivity index (χ0) is 11.4. The SMILES string of the molecule is C=C(CO)c1ccc(-c2ccccc2)cc1. The van der Waals surface area contributed by atoms with Gasteiger partial charge < -0.3 is 5.11 Å². The summed E-state index contributed by atoms with van der Waals surface area (Å²) in [6.45, 7) is 3.80. The van der Waals surface area contributed by atoms with Crippen LogP contribution in [-0.2, 0) is 0 Å². The molecule has 0 aliphatic carbocycles. The summed E-state index contributed by atoms with van der Waals surface area (Å²) in [5.41, 5.74) is 4.11. The molecule has 2 aromatic carbocycles. The molecule has 0 radical (unpaired) electrons. The molecule has 0 amide bonds. The first-order chi connectivity index (χ1) is 7.81. The van der Waals surface area contributed by atoms with Crippen LogP contribution in [0.5, 0.6) is 0 Å². The number of aliphatic hydroxyl groups excluding tert-OH is 1. The Labute approximate surface area is 95.7 Å². The van der Waals surface area contributed by atoms with Crippen LogP contribution in [0.25, 0.3) is 16.7 Å². The second kappa shape index (κ2) is 4.77. The van der Waals surface area contributed by atoms with Gasteiger partial charge in [0.2, 0.25) is 0 Å². The number of hydrogen-bond acceptors (Lipinski definition) is 1. The Morgan fingerprint density at radius 3 is 2.00 bits per heavy atom. The molecule has 0 saturated carbocycles. The third-order valence-electron chi connectivity index (χ3n) is 2.59. The monoisotopic (exact) mass is 210 g/mol. The highest BCUT2D eigenvalue weighted by Crippen LogP contribution is 2.21. The molecule has 2 rings (SSSR count). The van der Waals surface area contributed by atoms with E-state index in [1.165, 1.54) is 11.1 Å². The molecule has 1 heteroatoms. The van der Waals surface area contributed by atoms with Crippen molar-refractivity contribution in [2.24, 2.45) is 0 Å². The minimum Gasteiger partial charge on any atom is -0.392 e. The summed E-state index contributed by atoms with van der Waals surface area (Å²) < 4.78 is 0. The van der Waals surface area contributed by atoms with E-state index in [-0.39, 0.29) is 6.61 Å². The minimum absolute atomic E-state index is 0.00465. The Morgan fingerprint density at radius 1 is 0.875 bits per heavy atom. The molecule has 80 valence electrons. The summed E-state index contributed by atoms with van der Waals surface area (Å²) in [6, 6.07) is 18.3. The van der Waals surface area contributed by atoms with Crippen molar-refractivity contribution in [3.05, 3.63) is 66.7 Å². The van der Waals surface area contributed by atoms with E-state index in [0.29, 0.717) is 0 Å². The van der Waals surface area contributed by atoms with E-state index >= 15 is 0 Å². The number of rotatable bonds is 3. The van der Waals surface area contributed by atoms with Gasteiger partial charge in [-0.15, -0.1) is 0 Å². The normalized spacial score (nSPS) is 10.1. The maximum atomic E-state index is 8.98. The van der Waals surface area contributed by atoms with Gasteiger partial charge in [-0.2, -0.15) is 0 Å². The summed E-state index contributed by atoms with van der Waals surface area (Å²) in [4.78, 5) is 0. The predicted molar refractivity (Wildman–Crippen MR) is 68.0 cm³/mol. The van der Waals surface area contributed by atoms with Gasteiger partial charge in [0.1, 0.15) is 0 Å². The molecule has 0 fully saturated rings. The molecule has 1 nitrogen and oxygen atoms in total. The van der Waals surface area contributed by atoms with Crippen LogP contribution in [0.2, 0.25) is 0 Å². The molecule has 0 saturated heterocycles. The third-order valence-corrected chi connectivity index (χ3v) is 2.59. The Bertz CT molecular complexity index is 469. The van der Waals surface area contributed by atoms with Crippen molar-refractivity contribution in [1.82, 2.24) is 0 Å². The molecule has 1 N–H and O–H groups in total.